The van der Waals surface area contributed by atoms with Crippen molar-refractivity contribution in [2.75, 3.05) is 14.2 Å². The van der Waals surface area contributed by atoms with E-state index < -0.39 is 42.8 Å². The second-order valence-corrected chi connectivity index (χ2v) is 29.4. The molecule has 1 saturated heterocycles. The number of carbonyl (C=O) groups is 1. The number of aliphatic hydroxyl groups is 8. The molecule has 2 aliphatic heterocycles. The molecule has 127 heavy (non-hydrogen) atoms. The van der Waals surface area contributed by atoms with E-state index >= 15 is 0 Å². The summed E-state index contributed by atoms with van der Waals surface area (Å²) >= 11 is 0. The second-order valence-electron chi connectivity index (χ2n) is 29.4. The van der Waals surface area contributed by atoms with Gasteiger partial charge in [0.2, 0.25) is 6.29 Å². The zero-order valence-corrected chi connectivity index (χ0v) is 69.2. The van der Waals surface area contributed by atoms with E-state index in [2.05, 4.69) is 6.58 Å². The minimum Gasteiger partial charge on any atom is -0.508 e. The van der Waals surface area contributed by atoms with Crippen LogP contribution >= 0.6 is 0 Å². The highest BCUT2D eigenvalue weighted by Gasteiger charge is 2.48. The Morgan fingerprint density at radius 2 is 0.764 bits per heavy atom. The third-order valence-electron chi connectivity index (χ3n) is 19.6. The van der Waals surface area contributed by atoms with Gasteiger partial charge in [-0.2, -0.15) is 0 Å². The van der Waals surface area contributed by atoms with Gasteiger partial charge < -0.3 is 121 Å². The molecule has 0 spiro atoms. The van der Waals surface area contributed by atoms with Crippen molar-refractivity contribution in [3.8, 4) is 80.5 Å². The Kier molecular flexibility index (Phi) is 33.8. The lowest BCUT2D eigenvalue weighted by Gasteiger charge is -2.38. The van der Waals surface area contributed by atoms with Crippen LogP contribution in [0.4, 0.5) is 0 Å². The number of aromatic hydroxyl groups is 10. The summed E-state index contributed by atoms with van der Waals surface area (Å²) in [5, 5.41) is 182. The van der Waals surface area contributed by atoms with Crippen molar-refractivity contribution in [1.82, 2.24) is 0 Å². The molecule has 19 N–H and O–H groups in total. The summed E-state index contributed by atoms with van der Waals surface area (Å²) in [6.45, 7) is 5.39. The molecule has 0 aliphatic carbocycles. The van der Waals surface area contributed by atoms with Crippen LogP contribution in [0.1, 0.15) is 125 Å². The van der Waals surface area contributed by atoms with Crippen LogP contribution in [0.5, 0.6) is 80.5 Å². The van der Waals surface area contributed by atoms with Gasteiger partial charge in [-0.05, 0) is 247 Å². The fourth-order valence-electron chi connectivity index (χ4n) is 13.4. The number of benzene rings is 12. The topological polar surface area (TPSA) is 448 Å². The molecule has 656 valence electrons. The first-order valence-electron chi connectivity index (χ1n) is 39.6. The third-order valence-corrected chi connectivity index (χ3v) is 19.6. The van der Waals surface area contributed by atoms with Crippen LogP contribution in [0.3, 0.4) is 0 Å². The number of carboxylic acids is 1. The fraction of sp³-hybridized carbons (Fsp3) is 0.147. The SMILES string of the molecule is C=C(C)/C=C/c1cc(/C=C/c2cc(O)cc(O)c2)ccc1O.COc1ccc(/C=C/c2cc(CO)cc(CO)c2)c(CO)c1.COc1ccc(/C=C\c2cc(CO)cc(CO)c2)cc1.O=C(O)C1OC(Oc2ccc(/C=C/c3cc(O)cc(O)c3)cc2)C(O)C(O)C1O.Oc1ccc(C2Oc3ccc(/C=C/c4cc(O)cc(O)c4)cc3C2c2cc(O)cc(O)c2)cc1. The third kappa shape index (κ3) is 27.8. The number of aliphatic carboxylic acids is 1. The molecule has 0 radical (unpaired) electrons. The van der Waals surface area contributed by atoms with E-state index in [0.29, 0.717) is 39.3 Å². The molecule has 25 heteroatoms. The molecule has 12 aromatic carbocycles. The first kappa shape index (κ1) is 94.4. The Balaban J connectivity index is 0.000000168. The van der Waals surface area contributed by atoms with Crippen molar-refractivity contribution < 1.29 is 126 Å². The smallest absolute Gasteiger partial charge is 0.335 e. The predicted molar refractivity (Wildman–Crippen MR) is 485 cm³/mol. The molecule has 0 amide bonds. The summed E-state index contributed by atoms with van der Waals surface area (Å²) in [6.07, 6.45) is 13.2. The van der Waals surface area contributed by atoms with Crippen molar-refractivity contribution in [3.63, 3.8) is 0 Å². The highest BCUT2D eigenvalue weighted by Crippen LogP contribution is 2.51. The number of phenols is 10. The van der Waals surface area contributed by atoms with E-state index in [4.69, 9.17) is 28.8 Å². The summed E-state index contributed by atoms with van der Waals surface area (Å²) in [6, 6.07) is 65.9. The van der Waals surface area contributed by atoms with Gasteiger partial charge in [0.15, 0.2) is 6.10 Å². The number of carboxylic acid groups (broad SMARTS) is 1. The number of hydrogen-bond donors (Lipinski definition) is 19. The van der Waals surface area contributed by atoms with E-state index in [1.165, 1.54) is 36.4 Å². The second kappa shape index (κ2) is 45.5. The minimum atomic E-state index is -1.79. The van der Waals surface area contributed by atoms with E-state index in [-0.39, 0.29) is 102 Å². The summed E-state index contributed by atoms with van der Waals surface area (Å²) in [4.78, 5) is 11.1. The van der Waals surface area contributed by atoms with Gasteiger partial charge >= 0.3 is 5.97 Å². The van der Waals surface area contributed by atoms with E-state index in [0.717, 1.165) is 89.2 Å². The first-order chi connectivity index (χ1) is 61.0. The van der Waals surface area contributed by atoms with Crippen LogP contribution in [0.15, 0.2) is 255 Å². The Labute approximate surface area is 732 Å². The van der Waals surface area contributed by atoms with Gasteiger partial charge in [-0.25, -0.2) is 4.79 Å². The molecule has 25 nitrogen and oxygen atoms in total. The molecule has 0 bridgehead atoms. The maximum absolute atomic E-state index is 11.1. The number of fused-ring (bicyclic) bond motifs is 1. The van der Waals surface area contributed by atoms with E-state index in [1.54, 1.807) is 160 Å². The molecule has 14 rings (SSSR count). The van der Waals surface area contributed by atoms with Crippen LogP contribution in [0.2, 0.25) is 0 Å². The number of hydrogen-bond acceptors (Lipinski definition) is 24. The summed E-state index contributed by atoms with van der Waals surface area (Å²) < 4.78 is 27.0. The lowest BCUT2D eigenvalue weighted by molar-refractivity contribution is -0.271. The number of phenolic OH excluding ortho intramolecular Hbond substituents is 10. The molecule has 1 fully saturated rings. The van der Waals surface area contributed by atoms with Gasteiger partial charge in [-0.3, -0.25) is 0 Å². The van der Waals surface area contributed by atoms with Crippen molar-refractivity contribution >= 4 is 72.8 Å². The van der Waals surface area contributed by atoms with Crippen LogP contribution in [0, 0.1) is 0 Å². The van der Waals surface area contributed by atoms with Crippen molar-refractivity contribution in [3.05, 3.63) is 361 Å². The maximum Gasteiger partial charge on any atom is 0.335 e. The van der Waals surface area contributed by atoms with Crippen LogP contribution < -0.4 is 18.9 Å². The molecule has 12 aromatic rings. The van der Waals surface area contributed by atoms with Crippen molar-refractivity contribution in [2.24, 2.45) is 0 Å². The average Bonchev–Trinajstić information content (AvgIpc) is 1.61. The minimum absolute atomic E-state index is 0.00966. The normalized spacial score (nSPS) is 16.3. The van der Waals surface area contributed by atoms with Crippen LogP contribution in [0.25, 0.3) is 66.8 Å². The molecular weight excluding hydrogens is 1630 g/mol. The van der Waals surface area contributed by atoms with Gasteiger partial charge in [-0.1, -0.05) is 152 Å². The van der Waals surface area contributed by atoms with Gasteiger partial charge in [0.25, 0.3) is 0 Å². The number of allylic oxidation sites excluding steroid dienone is 2. The van der Waals surface area contributed by atoms with Crippen LogP contribution in [-0.4, -0.2) is 148 Å². The highest BCUT2D eigenvalue weighted by atomic mass is 16.7. The number of methoxy groups -OCH3 is 2. The highest BCUT2D eigenvalue weighted by molar-refractivity contribution is 5.77. The zero-order valence-electron chi connectivity index (χ0n) is 69.2. The quantitative estimate of drug-likeness (QED) is 0.0197. The van der Waals surface area contributed by atoms with Gasteiger partial charge in [0, 0.05) is 35.4 Å². The van der Waals surface area contributed by atoms with Gasteiger partial charge in [0.1, 0.15) is 105 Å². The molecule has 2 heterocycles. The van der Waals surface area contributed by atoms with Gasteiger partial charge in [0.05, 0.1) is 53.2 Å². The predicted octanol–water partition coefficient (Wildman–Crippen LogP) is 15.9. The molecule has 0 saturated carbocycles. The summed E-state index contributed by atoms with van der Waals surface area (Å²) in [5.41, 5.74) is 16.1. The van der Waals surface area contributed by atoms with Crippen molar-refractivity contribution in [1.29, 1.82) is 0 Å². The number of aliphatic hydroxyl groups excluding tert-OH is 8. The van der Waals surface area contributed by atoms with Crippen LogP contribution in [-0.2, 0) is 42.6 Å². The molecular formula is C102H98O25. The first-order valence-corrected chi connectivity index (χ1v) is 39.6. The molecule has 0 aromatic heterocycles. The number of rotatable bonds is 24. The van der Waals surface area contributed by atoms with Crippen molar-refractivity contribution in [2.45, 2.75) is 82.7 Å². The summed E-state index contributed by atoms with van der Waals surface area (Å²) in [5.74, 6) is 0.728. The lowest BCUT2D eigenvalue weighted by Crippen LogP contribution is -2.61. The summed E-state index contributed by atoms with van der Waals surface area (Å²) in [7, 11) is 3.23. The number of ether oxygens (including phenoxy) is 5. The molecule has 2 aliphatic rings. The standard InChI is InChI=1S/C28H22O6.C20H20O9.C19H18O3.C18H20O4.C17H18O3/c29-20-6-4-18(5-7-20)28-27(19-12-23(32)15-24(33)13-19)25-11-16(3-8-26(25)34-28)1-2-17-9-21(30)14-22(31)10-17;21-12-7-11(8-13(22)9-12)2-1-10-3-5-14(6-4-10)28-20-17(25)15(23)16(24)18(29-20)19(26)27;1-13(2)3-7-16-9-14(6-8-19(16)22)4-5-15-10-17(20)12-18(21)11-15;1-22-18-5-4-16(17(9-18)12-21)3-2-13-6-14(10-19)8-15(7-13)11-20;1-20-17-6-4-13(5-7-17)2-3-14-8-15(11-18)10-16(9-14)12-19/h1-15,27-33H;1-9,15-18,20-25H,(H,26,27);3-12,20-22H,1H2,2H3;2-9,19-21H,10-12H2,1H3;2-10,18-19H,11-12H2,1H3/b2*2-1+;5-4+,7-3+;3-2+;3-2-. The Morgan fingerprint density at radius 1 is 0.362 bits per heavy atom. The Morgan fingerprint density at radius 3 is 1.20 bits per heavy atom. The zero-order chi connectivity index (χ0) is 91.4. The Bertz CT molecular complexity index is 5810. The lowest BCUT2D eigenvalue weighted by atomic mass is 9.84. The largest absolute Gasteiger partial charge is 0.508 e. The van der Waals surface area contributed by atoms with E-state index in [1.807, 2.05) is 134 Å². The molecule has 7 atom stereocenters. The maximum atomic E-state index is 11.1. The fourth-order valence-corrected chi connectivity index (χ4v) is 13.4. The average molecular weight is 1720 g/mol. The molecule has 7 unspecified atom stereocenters. The monoisotopic (exact) mass is 1720 g/mol. The Hall–Kier alpha value is -14.9. The van der Waals surface area contributed by atoms with Gasteiger partial charge in [-0.15, -0.1) is 0 Å². The van der Waals surface area contributed by atoms with E-state index in [9.17, 15) is 96.7 Å².